The van der Waals surface area contributed by atoms with E-state index >= 15 is 0 Å². The van der Waals surface area contributed by atoms with Crippen molar-refractivity contribution in [1.82, 2.24) is 15.1 Å². The number of nitrogens with one attached hydrogen (secondary N) is 1. The fourth-order valence-corrected chi connectivity index (χ4v) is 8.37. The lowest BCUT2D eigenvalue weighted by Gasteiger charge is -2.66. The predicted octanol–water partition coefficient (Wildman–Crippen LogP) is 2.67. The lowest BCUT2D eigenvalue weighted by Crippen LogP contribution is -2.59. The minimum absolute atomic E-state index is 0.0458. The van der Waals surface area contributed by atoms with Gasteiger partial charge < -0.3 is 15.0 Å². The van der Waals surface area contributed by atoms with E-state index in [2.05, 4.69) is 16.3 Å². The van der Waals surface area contributed by atoms with Gasteiger partial charge in [-0.2, -0.15) is 0 Å². The van der Waals surface area contributed by atoms with Crippen LogP contribution in [-0.4, -0.2) is 61.4 Å². The van der Waals surface area contributed by atoms with Gasteiger partial charge in [-0.25, -0.2) is 0 Å². The van der Waals surface area contributed by atoms with Crippen LogP contribution in [0.2, 0.25) is 0 Å². The number of piperazine rings is 1. The molecule has 0 radical (unpaired) electrons. The van der Waals surface area contributed by atoms with Crippen molar-refractivity contribution in [2.24, 2.45) is 28.6 Å². The fraction of sp³-hybridized carbons (Fsp3) is 0.692. The zero-order valence-electron chi connectivity index (χ0n) is 19.1. The SMILES string of the molecule is COc1ccccc1CN1CCN(C(=O)CNC(=O)CC23CC4CC5CC(C2)C54C3)CC1. The lowest BCUT2D eigenvalue weighted by molar-refractivity contribution is -0.177. The molecule has 172 valence electrons. The van der Waals surface area contributed by atoms with Crippen molar-refractivity contribution in [3.05, 3.63) is 29.8 Å². The summed E-state index contributed by atoms with van der Waals surface area (Å²) in [7, 11) is 1.70. The zero-order chi connectivity index (χ0) is 21.9. The molecule has 6 heteroatoms. The van der Waals surface area contributed by atoms with Gasteiger partial charge in [0.25, 0.3) is 0 Å². The Kier molecular flexibility index (Phi) is 4.79. The highest BCUT2D eigenvalue weighted by molar-refractivity contribution is 5.85. The van der Waals surface area contributed by atoms with Gasteiger partial charge in [0.15, 0.2) is 0 Å². The first-order chi connectivity index (χ1) is 15.5. The smallest absolute Gasteiger partial charge is 0.242 e. The number of hydrogen-bond donors (Lipinski definition) is 1. The van der Waals surface area contributed by atoms with Crippen LogP contribution in [0.1, 0.15) is 44.1 Å². The van der Waals surface area contributed by atoms with E-state index in [4.69, 9.17) is 4.74 Å². The van der Waals surface area contributed by atoms with Crippen LogP contribution in [0.5, 0.6) is 5.75 Å². The van der Waals surface area contributed by atoms with Crippen LogP contribution >= 0.6 is 0 Å². The van der Waals surface area contributed by atoms with Crippen molar-refractivity contribution in [2.45, 2.75) is 45.1 Å². The van der Waals surface area contributed by atoms with E-state index < -0.39 is 0 Å². The number of para-hydroxylation sites is 1. The molecule has 1 saturated heterocycles. The van der Waals surface area contributed by atoms with Crippen molar-refractivity contribution in [2.75, 3.05) is 39.8 Å². The van der Waals surface area contributed by atoms with Crippen LogP contribution in [0.15, 0.2) is 24.3 Å². The van der Waals surface area contributed by atoms with Crippen LogP contribution < -0.4 is 10.1 Å². The standard InChI is InChI=1S/C26H35N3O3/c1-32-22-5-3-2-4-18(22)16-28-6-8-29(9-7-28)24(31)15-27-23(30)14-25-12-20-10-19-11-21(13-25)26(19,20)17-25/h2-5,19-21H,6-17H2,1H3,(H,27,30). The van der Waals surface area contributed by atoms with Gasteiger partial charge in [-0.1, -0.05) is 18.2 Å². The number of amides is 2. The molecule has 4 saturated carbocycles. The molecule has 2 amide bonds. The van der Waals surface area contributed by atoms with E-state index in [-0.39, 0.29) is 23.8 Å². The van der Waals surface area contributed by atoms with Crippen molar-refractivity contribution in [3.8, 4) is 5.75 Å². The second kappa shape index (κ2) is 7.47. The Morgan fingerprint density at radius 1 is 1.06 bits per heavy atom. The summed E-state index contributed by atoms with van der Waals surface area (Å²) >= 11 is 0. The van der Waals surface area contributed by atoms with Crippen LogP contribution in [0.25, 0.3) is 0 Å². The Balaban J connectivity index is 0.952. The molecule has 5 fully saturated rings. The van der Waals surface area contributed by atoms with Crippen LogP contribution in [0.3, 0.4) is 0 Å². The Labute approximate surface area is 190 Å². The molecule has 2 atom stereocenters. The second-order valence-corrected chi connectivity index (χ2v) is 11.2. The Bertz CT molecular complexity index is 907. The molecule has 1 heterocycles. The van der Waals surface area contributed by atoms with E-state index in [0.717, 1.165) is 43.1 Å². The van der Waals surface area contributed by atoms with Crippen LogP contribution in [0, 0.1) is 28.6 Å². The molecule has 1 aromatic carbocycles. The van der Waals surface area contributed by atoms with E-state index in [1.54, 1.807) is 7.11 Å². The average molecular weight is 438 g/mol. The molecule has 6 nitrogen and oxygen atoms in total. The van der Waals surface area contributed by atoms with Gasteiger partial charge in [0.05, 0.1) is 13.7 Å². The monoisotopic (exact) mass is 437 g/mol. The summed E-state index contributed by atoms with van der Waals surface area (Å²) in [5, 5.41) is 2.97. The molecule has 32 heavy (non-hydrogen) atoms. The molecule has 2 unspecified atom stereocenters. The van der Waals surface area contributed by atoms with E-state index in [9.17, 15) is 9.59 Å². The van der Waals surface area contributed by atoms with Crippen molar-refractivity contribution >= 4 is 11.8 Å². The maximum absolute atomic E-state index is 12.7. The van der Waals surface area contributed by atoms with Crippen molar-refractivity contribution < 1.29 is 14.3 Å². The molecule has 5 aliphatic rings. The highest BCUT2D eigenvalue weighted by atomic mass is 16.5. The van der Waals surface area contributed by atoms with Crippen LogP contribution in [0.4, 0.5) is 0 Å². The van der Waals surface area contributed by atoms with Crippen molar-refractivity contribution in [1.29, 1.82) is 0 Å². The molecular formula is C26H35N3O3. The largest absolute Gasteiger partial charge is 0.496 e. The quantitative estimate of drug-likeness (QED) is 0.713. The Morgan fingerprint density at radius 2 is 1.78 bits per heavy atom. The molecular weight excluding hydrogens is 402 g/mol. The normalized spacial score (nSPS) is 36.8. The zero-order valence-corrected chi connectivity index (χ0v) is 19.1. The summed E-state index contributed by atoms with van der Waals surface area (Å²) < 4.78 is 5.46. The highest BCUT2D eigenvalue weighted by Crippen LogP contribution is 2.85. The third-order valence-corrected chi connectivity index (χ3v) is 9.74. The third kappa shape index (κ3) is 3.09. The van der Waals surface area contributed by atoms with E-state index in [0.29, 0.717) is 24.9 Å². The Morgan fingerprint density at radius 3 is 2.44 bits per heavy atom. The molecule has 1 N–H and O–H groups in total. The van der Waals surface area contributed by atoms with Gasteiger partial charge in [-0.3, -0.25) is 14.5 Å². The summed E-state index contributed by atoms with van der Waals surface area (Å²) in [5.74, 6) is 3.83. The third-order valence-electron chi connectivity index (χ3n) is 9.74. The summed E-state index contributed by atoms with van der Waals surface area (Å²) in [5.41, 5.74) is 2.07. The molecule has 1 aromatic rings. The van der Waals surface area contributed by atoms with Gasteiger partial charge in [0, 0.05) is 44.7 Å². The molecule has 0 aromatic heterocycles. The first-order valence-corrected chi connectivity index (χ1v) is 12.4. The lowest BCUT2D eigenvalue weighted by atomic mass is 9.38. The van der Waals surface area contributed by atoms with E-state index in [1.807, 2.05) is 23.1 Å². The number of nitrogens with zero attached hydrogens (tertiary/aromatic N) is 2. The number of benzene rings is 1. The molecule has 2 bridgehead atoms. The number of rotatable bonds is 7. The maximum Gasteiger partial charge on any atom is 0.242 e. The predicted molar refractivity (Wildman–Crippen MR) is 121 cm³/mol. The number of fused-ring (bicyclic) bond motifs is 1. The van der Waals surface area contributed by atoms with Gasteiger partial charge in [-0.05, 0) is 66.8 Å². The molecule has 6 rings (SSSR count). The molecule has 4 aliphatic carbocycles. The fourth-order valence-electron chi connectivity index (χ4n) is 8.37. The molecule has 1 aliphatic heterocycles. The van der Waals surface area contributed by atoms with Crippen molar-refractivity contribution in [3.63, 3.8) is 0 Å². The van der Waals surface area contributed by atoms with Gasteiger partial charge >= 0.3 is 0 Å². The second-order valence-electron chi connectivity index (χ2n) is 11.2. The Hall–Kier alpha value is -2.08. The summed E-state index contributed by atoms with van der Waals surface area (Å²) in [6.45, 7) is 4.07. The van der Waals surface area contributed by atoms with Crippen LogP contribution in [-0.2, 0) is 16.1 Å². The summed E-state index contributed by atoms with van der Waals surface area (Å²) in [6.07, 6.45) is 7.28. The number of methoxy groups -OCH3 is 1. The average Bonchev–Trinajstić information content (AvgIpc) is 3.25. The van der Waals surface area contributed by atoms with Gasteiger partial charge in [0.2, 0.25) is 11.8 Å². The number of carbonyl (C=O) groups excluding carboxylic acids is 2. The number of carbonyl (C=O) groups is 2. The van der Waals surface area contributed by atoms with Gasteiger partial charge in [0.1, 0.15) is 5.75 Å². The highest BCUT2D eigenvalue weighted by Gasteiger charge is 2.77. The first-order valence-electron chi connectivity index (χ1n) is 12.4. The maximum atomic E-state index is 12.7. The van der Waals surface area contributed by atoms with Gasteiger partial charge in [-0.15, -0.1) is 0 Å². The summed E-state index contributed by atoms with van der Waals surface area (Å²) in [6, 6.07) is 8.10. The molecule has 1 spiro atoms. The topological polar surface area (TPSA) is 61.9 Å². The van der Waals surface area contributed by atoms with E-state index in [1.165, 1.54) is 37.7 Å². The first kappa shape index (κ1) is 20.5. The number of ether oxygens (including phenoxy) is 1. The number of hydrogen-bond acceptors (Lipinski definition) is 4. The summed E-state index contributed by atoms with van der Waals surface area (Å²) in [4.78, 5) is 29.7. The minimum Gasteiger partial charge on any atom is -0.496 e. The minimum atomic E-state index is 0.0458.